The van der Waals surface area contributed by atoms with Gasteiger partial charge in [-0.15, -0.1) is 0 Å². The van der Waals surface area contributed by atoms with Crippen LogP contribution in [0.25, 0.3) is 6.08 Å². The number of thioether (sulfide) groups is 1. The molecule has 1 aliphatic heterocycles. The SMILES string of the molecule is CCCOC(=O)c1cc(NC(=O)CN2C(=O)S/C(=C\c3cc(OC)c(O)cc3Br)C2=O)ccc1Cl. The van der Waals surface area contributed by atoms with Crippen molar-refractivity contribution in [3.05, 3.63) is 55.9 Å². The van der Waals surface area contributed by atoms with Crippen molar-refractivity contribution < 1.29 is 33.8 Å². The summed E-state index contributed by atoms with van der Waals surface area (Å²) >= 11 is 10.0. The van der Waals surface area contributed by atoms with Gasteiger partial charge in [-0.2, -0.15) is 0 Å². The first-order valence-electron chi connectivity index (χ1n) is 10.2. The molecular weight excluding hydrogens is 564 g/mol. The number of hydrogen-bond donors (Lipinski definition) is 2. The number of carbonyl (C=O) groups excluding carboxylic acids is 4. The van der Waals surface area contributed by atoms with Gasteiger partial charge in [0.25, 0.3) is 11.1 Å². The molecule has 2 aromatic rings. The Bertz CT molecular complexity index is 1230. The van der Waals surface area contributed by atoms with E-state index in [0.717, 1.165) is 4.90 Å². The van der Waals surface area contributed by atoms with Gasteiger partial charge < -0.3 is 19.9 Å². The molecule has 0 aromatic heterocycles. The van der Waals surface area contributed by atoms with Gasteiger partial charge in [0.2, 0.25) is 5.91 Å². The van der Waals surface area contributed by atoms with E-state index in [1.807, 2.05) is 6.92 Å². The summed E-state index contributed by atoms with van der Waals surface area (Å²) in [6.45, 7) is 1.55. The molecule has 3 amide bonds. The van der Waals surface area contributed by atoms with Crippen molar-refractivity contribution in [1.82, 2.24) is 4.90 Å². The van der Waals surface area contributed by atoms with E-state index in [9.17, 15) is 24.3 Å². The predicted molar refractivity (Wildman–Crippen MR) is 136 cm³/mol. The van der Waals surface area contributed by atoms with E-state index in [1.54, 1.807) is 0 Å². The first-order valence-corrected chi connectivity index (χ1v) is 12.2. The number of phenols is 1. The lowest BCUT2D eigenvalue weighted by Gasteiger charge is -2.13. The van der Waals surface area contributed by atoms with E-state index in [-0.39, 0.29) is 39.3 Å². The molecule has 0 spiro atoms. The maximum atomic E-state index is 12.8. The summed E-state index contributed by atoms with van der Waals surface area (Å²) in [5.74, 6) is -1.81. The molecule has 1 aliphatic rings. The highest BCUT2D eigenvalue weighted by Crippen LogP contribution is 2.37. The van der Waals surface area contributed by atoms with Crippen LogP contribution >= 0.6 is 39.3 Å². The number of nitrogens with one attached hydrogen (secondary N) is 1. The normalized spacial score (nSPS) is 14.4. The summed E-state index contributed by atoms with van der Waals surface area (Å²) in [5, 5.41) is 11.9. The summed E-state index contributed by atoms with van der Waals surface area (Å²) in [6, 6.07) is 7.19. The van der Waals surface area contributed by atoms with E-state index < -0.39 is 29.6 Å². The fourth-order valence-corrected chi connectivity index (χ4v) is 4.46. The smallest absolute Gasteiger partial charge is 0.339 e. The summed E-state index contributed by atoms with van der Waals surface area (Å²) in [5.41, 5.74) is 0.839. The van der Waals surface area contributed by atoms with Gasteiger partial charge in [0.15, 0.2) is 11.5 Å². The minimum atomic E-state index is -0.644. The molecule has 0 saturated carbocycles. The van der Waals surface area contributed by atoms with Crippen LogP contribution in [0.5, 0.6) is 11.5 Å². The van der Waals surface area contributed by atoms with E-state index in [1.165, 1.54) is 43.5 Å². The van der Waals surface area contributed by atoms with Crippen molar-refractivity contribution in [2.24, 2.45) is 0 Å². The highest BCUT2D eigenvalue weighted by Gasteiger charge is 2.36. The van der Waals surface area contributed by atoms with Crippen LogP contribution in [0.4, 0.5) is 10.5 Å². The van der Waals surface area contributed by atoms with Crippen LogP contribution in [0.3, 0.4) is 0 Å². The molecule has 0 unspecified atom stereocenters. The maximum Gasteiger partial charge on any atom is 0.339 e. The van der Waals surface area contributed by atoms with Crippen molar-refractivity contribution in [3.63, 3.8) is 0 Å². The molecule has 1 saturated heterocycles. The Morgan fingerprint density at radius 2 is 2.00 bits per heavy atom. The number of methoxy groups -OCH3 is 1. The standard InChI is InChI=1S/C23H20BrClN2O7S/c1-3-6-34-22(31)14-9-13(4-5-16(14)25)26-20(29)11-27-21(30)19(35-23(27)32)8-12-7-18(33-2)17(28)10-15(12)24/h4-5,7-10,28H,3,6,11H2,1-2H3,(H,26,29)/b19-8-. The summed E-state index contributed by atoms with van der Waals surface area (Å²) in [4.78, 5) is 50.8. The second-order valence-electron chi connectivity index (χ2n) is 7.19. The number of esters is 1. The fourth-order valence-electron chi connectivity index (χ4n) is 2.99. The number of halogens is 2. The number of anilines is 1. The van der Waals surface area contributed by atoms with Gasteiger partial charge >= 0.3 is 5.97 Å². The lowest BCUT2D eigenvalue weighted by atomic mass is 10.2. The Hall–Kier alpha value is -3.02. The number of aromatic hydroxyl groups is 1. The number of carbonyl (C=O) groups is 4. The van der Waals surface area contributed by atoms with Crippen molar-refractivity contribution in [1.29, 1.82) is 0 Å². The summed E-state index contributed by atoms with van der Waals surface area (Å²) in [7, 11) is 1.39. The van der Waals surface area contributed by atoms with E-state index >= 15 is 0 Å². The molecule has 3 rings (SSSR count). The minimum absolute atomic E-state index is 0.0851. The second-order valence-corrected chi connectivity index (χ2v) is 9.45. The third-order valence-corrected chi connectivity index (χ3v) is 6.59. The molecule has 1 fully saturated rings. The van der Waals surface area contributed by atoms with Crippen molar-refractivity contribution >= 4 is 74.1 Å². The molecule has 2 aromatic carbocycles. The predicted octanol–water partition coefficient (Wildman–Crippen LogP) is 5.06. The average Bonchev–Trinajstić information content (AvgIpc) is 3.07. The molecule has 0 atom stereocenters. The Balaban J connectivity index is 1.72. The molecule has 9 nitrogen and oxygen atoms in total. The van der Waals surface area contributed by atoms with Gasteiger partial charge in [-0.3, -0.25) is 19.3 Å². The van der Waals surface area contributed by atoms with Crippen molar-refractivity contribution in [3.8, 4) is 11.5 Å². The molecule has 0 bridgehead atoms. The Kier molecular flexibility index (Phi) is 8.82. The first-order chi connectivity index (χ1) is 16.6. The van der Waals surface area contributed by atoms with Crippen LogP contribution in [0.15, 0.2) is 39.7 Å². The number of ether oxygens (including phenoxy) is 2. The molecular formula is C23H20BrClN2O7S. The number of benzene rings is 2. The average molecular weight is 584 g/mol. The number of phenolic OH excluding ortho intramolecular Hbond substituents is 1. The first kappa shape index (κ1) is 26.6. The Morgan fingerprint density at radius 3 is 2.69 bits per heavy atom. The zero-order valence-electron chi connectivity index (χ0n) is 18.6. The van der Waals surface area contributed by atoms with Crippen molar-refractivity contribution in [2.75, 3.05) is 25.6 Å². The molecule has 0 radical (unpaired) electrons. The van der Waals surface area contributed by atoms with Crippen molar-refractivity contribution in [2.45, 2.75) is 13.3 Å². The second kappa shape index (κ2) is 11.6. The fraction of sp³-hybridized carbons (Fsp3) is 0.217. The zero-order valence-corrected chi connectivity index (χ0v) is 21.8. The Labute approximate surface area is 218 Å². The minimum Gasteiger partial charge on any atom is -0.504 e. The van der Waals surface area contributed by atoms with Gasteiger partial charge in [-0.25, -0.2) is 4.79 Å². The molecule has 1 heterocycles. The van der Waals surface area contributed by atoms with Gasteiger partial charge in [-0.1, -0.05) is 34.5 Å². The zero-order chi connectivity index (χ0) is 25.7. The van der Waals surface area contributed by atoms with Gasteiger partial charge in [0, 0.05) is 10.2 Å². The maximum absolute atomic E-state index is 12.8. The summed E-state index contributed by atoms with van der Waals surface area (Å²) < 4.78 is 10.6. The molecule has 35 heavy (non-hydrogen) atoms. The number of rotatable bonds is 8. The van der Waals surface area contributed by atoms with E-state index in [2.05, 4.69) is 21.2 Å². The third kappa shape index (κ3) is 6.36. The molecule has 184 valence electrons. The molecule has 2 N–H and O–H groups in total. The van der Waals surface area contributed by atoms with Crippen LogP contribution < -0.4 is 10.1 Å². The highest BCUT2D eigenvalue weighted by molar-refractivity contribution is 9.10. The lowest BCUT2D eigenvalue weighted by molar-refractivity contribution is -0.127. The lowest BCUT2D eigenvalue weighted by Crippen LogP contribution is -2.36. The summed E-state index contributed by atoms with van der Waals surface area (Å²) in [6.07, 6.45) is 2.10. The number of imide groups is 1. The number of hydrogen-bond acceptors (Lipinski definition) is 8. The van der Waals surface area contributed by atoms with Gasteiger partial charge in [0.05, 0.1) is 29.2 Å². The van der Waals surface area contributed by atoms with Crippen LogP contribution in [0.2, 0.25) is 5.02 Å². The molecule has 12 heteroatoms. The van der Waals surface area contributed by atoms with Crippen LogP contribution in [0.1, 0.15) is 29.3 Å². The highest BCUT2D eigenvalue weighted by atomic mass is 79.9. The van der Waals surface area contributed by atoms with Gasteiger partial charge in [0.1, 0.15) is 6.54 Å². The van der Waals surface area contributed by atoms with Crippen LogP contribution in [-0.4, -0.2) is 53.3 Å². The van der Waals surface area contributed by atoms with E-state index in [4.69, 9.17) is 21.1 Å². The van der Waals surface area contributed by atoms with Crippen LogP contribution in [0, 0.1) is 0 Å². The number of nitrogens with zero attached hydrogens (tertiary/aromatic N) is 1. The largest absolute Gasteiger partial charge is 0.504 e. The molecule has 0 aliphatic carbocycles. The monoisotopic (exact) mass is 582 g/mol. The van der Waals surface area contributed by atoms with E-state index in [0.29, 0.717) is 28.2 Å². The number of amides is 3. The topological polar surface area (TPSA) is 122 Å². The quantitative estimate of drug-likeness (QED) is 0.327. The van der Waals surface area contributed by atoms with Gasteiger partial charge in [-0.05, 0) is 60.2 Å². The Morgan fingerprint density at radius 1 is 1.26 bits per heavy atom. The third-order valence-electron chi connectivity index (χ3n) is 4.67. The van der Waals surface area contributed by atoms with Crippen LogP contribution in [-0.2, 0) is 14.3 Å².